The van der Waals surface area contributed by atoms with E-state index in [0.29, 0.717) is 0 Å². The van der Waals surface area contributed by atoms with Crippen LogP contribution in [-0.4, -0.2) is 16.4 Å². The molecule has 1 unspecified atom stereocenters. The van der Waals surface area contributed by atoms with Crippen LogP contribution in [-0.2, 0) is 13.1 Å². The fraction of sp³-hybridized carbons (Fsp3) is 0.156. The van der Waals surface area contributed by atoms with Crippen LogP contribution in [0.25, 0.3) is 38.6 Å². The number of hydrogen-bond donors (Lipinski definition) is 1. The Morgan fingerprint density at radius 1 is 0.892 bits per heavy atom. The Morgan fingerprint density at radius 2 is 1.65 bits per heavy atom. The van der Waals surface area contributed by atoms with Crippen LogP contribution in [0.15, 0.2) is 120 Å². The van der Waals surface area contributed by atoms with Gasteiger partial charge < -0.3 is 9.88 Å². The molecule has 180 valence electrons. The lowest BCUT2D eigenvalue weighted by Crippen LogP contribution is -2.40. The molecule has 5 nitrogen and oxygen atoms in total. The molecule has 1 aliphatic carbocycles. The van der Waals surface area contributed by atoms with E-state index >= 15 is 0 Å². The maximum Gasteiger partial charge on any atom is 0.212 e. The number of rotatable bonds is 5. The Morgan fingerprint density at radius 3 is 2.43 bits per heavy atom. The Hall–Kier alpha value is -4.51. The maximum absolute atomic E-state index is 4.83. The minimum Gasteiger partial charge on any atom is -0.341 e. The molecule has 1 atom stereocenters. The Bertz CT molecular complexity index is 1720. The predicted octanol–water partition coefficient (Wildman–Crippen LogP) is 5.26. The van der Waals surface area contributed by atoms with E-state index in [1.165, 1.54) is 38.6 Å². The topological polar surface area (TPSA) is 37.1 Å². The van der Waals surface area contributed by atoms with E-state index in [2.05, 4.69) is 136 Å². The summed E-state index contributed by atoms with van der Waals surface area (Å²) in [6, 6.07) is 24.4. The first kappa shape index (κ1) is 21.7. The van der Waals surface area contributed by atoms with Crippen molar-refractivity contribution in [3.8, 4) is 16.8 Å². The molecule has 5 aromatic rings. The molecule has 2 aliphatic rings. The van der Waals surface area contributed by atoms with E-state index in [4.69, 9.17) is 4.99 Å². The number of amidine groups is 1. The van der Waals surface area contributed by atoms with Crippen molar-refractivity contribution >= 4 is 27.6 Å². The van der Waals surface area contributed by atoms with Gasteiger partial charge in [-0.05, 0) is 42.7 Å². The van der Waals surface area contributed by atoms with E-state index in [1.54, 1.807) is 0 Å². The normalized spacial score (nSPS) is 16.5. The van der Waals surface area contributed by atoms with Crippen molar-refractivity contribution in [2.45, 2.75) is 32.5 Å². The summed E-state index contributed by atoms with van der Waals surface area (Å²) in [4.78, 5) is 4.83. The van der Waals surface area contributed by atoms with Gasteiger partial charge in [0, 0.05) is 64.9 Å². The van der Waals surface area contributed by atoms with E-state index in [9.17, 15) is 0 Å². The lowest BCUT2D eigenvalue weighted by Gasteiger charge is -2.09. The number of fused-ring (bicyclic) bond motifs is 4. The first-order chi connectivity index (χ1) is 18.3. The number of aromatic nitrogens is 3. The van der Waals surface area contributed by atoms with Crippen LogP contribution in [0.4, 0.5) is 0 Å². The van der Waals surface area contributed by atoms with Crippen LogP contribution in [0.3, 0.4) is 0 Å². The van der Waals surface area contributed by atoms with Gasteiger partial charge in [-0.1, -0.05) is 30.4 Å². The molecule has 0 radical (unpaired) electrons. The SMILES string of the molecule is CCn1c2ccccc2c2ccc(-[n+]3ccc(-c4cc[n+](CC5=NC6CC=CC=C6N5)cc4)cc3)cc21. The standard InChI is InChI=1S/C32H29N5/c1-2-37-30-10-6-3-7-26(30)27-12-11-25(21-31(27)37)36-19-15-24(16-20-36)23-13-17-35(18-14-23)22-32-33-28-8-4-5-9-29(28)34-32/h3-8,10-21,29H,2,9,22H2,1H3,(H,33,34)/q+2. The number of aliphatic imine (C=N–C) groups is 1. The zero-order chi connectivity index (χ0) is 24.8. The molecule has 5 heteroatoms. The smallest absolute Gasteiger partial charge is 0.212 e. The minimum atomic E-state index is 0.266. The zero-order valence-corrected chi connectivity index (χ0v) is 20.9. The van der Waals surface area contributed by atoms with Crippen molar-refractivity contribution in [2.24, 2.45) is 4.99 Å². The van der Waals surface area contributed by atoms with Crippen LogP contribution in [0, 0.1) is 0 Å². The molecule has 0 spiro atoms. The molecular formula is C32H29N5+2. The van der Waals surface area contributed by atoms with E-state index in [-0.39, 0.29) is 6.04 Å². The van der Waals surface area contributed by atoms with Gasteiger partial charge in [0.25, 0.3) is 0 Å². The number of benzene rings is 2. The predicted molar refractivity (Wildman–Crippen MR) is 148 cm³/mol. The van der Waals surface area contributed by atoms with Gasteiger partial charge in [0.1, 0.15) is 0 Å². The van der Waals surface area contributed by atoms with Crippen LogP contribution < -0.4 is 14.5 Å². The van der Waals surface area contributed by atoms with Crippen molar-refractivity contribution in [1.29, 1.82) is 0 Å². The van der Waals surface area contributed by atoms with Gasteiger partial charge in [-0.25, -0.2) is 0 Å². The Labute approximate surface area is 216 Å². The van der Waals surface area contributed by atoms with Gasteiger partial charge in [0.2, 0.25) is 12.2 Å². The quantitative estimate of drug-likeness (QED) is 0.340. The van der Waals surface area contributed by atoms with Gasteiger partial charge in [0.15, 0.2) is 30.6 Å². The number of para-hydroxylation sites is 1. The summed E-state index contributed by atoms with van der Waals surface area (Å²) in [6.45, 7) is 3.91. The van der Waals surface area contributed by atoms with Crippen LogP contribution in [0.1, 0.15) is 13.3 Å². The molecule has 4 heterocycles. The highest BCUT2D eigenvalue weighted by Crippen LogP contribution is 2.29. The molecule has 7 rings (SSSR count). The van der Waals surface area contributed by atoms with Crippen molar-refractivity contribution in [3.05, 3.63) is 115 Å². The summed E-state index contributed by atoms with van der Waals surface area (Å²) in [5.41, 5.74) is 7.35. The number of nitrogens with zero attached hydrogens (tertiary/aromatic N) is 4. The molecule has 2 aromatic carbocycles. The summed E-state index contributed by atoms with van der Waals surface area (Å²) in [5.74, 6) is 1.03. The number of hydrogen-bond acceptors (Lipinski definition) is 2. The Balaban J connectivity index is 1.12. The molecule has 3 aromatic heterocycles. The first-order valence-corrected chi connectivity index (χ1v) is 13.0. The van der Waals surface area contributed by atoms with Crippen LogP contribution in [0.2, 0.25) is 0 Å². The van der Waals surface area contributed by atoms with E-state index < -0.39 is 0 Å². The second kappa shape index (κ2) is 8.86. The minimum absolute atomic E-state index is 0.266. The van der Waals surface area contributed by atoms with Gasteiger partial charge in [-0.15, -0.1) is 0 Å². The molecule has 0 amide bonds. The summed E-state index contributed by atoms with van der Waals surface area (Å²) in [6.07, 6.45) is 16.0. The molecular weight excluding hydrogens is 454 g/mol. The number of aryl methyl sites for hydroxylation is 1. The second-order valence-corrected chi connectivity index (χ2v) is 9.72. The van der Waals surface area contributed by atoms with Gasteiger partial charge in [0.05, 0.1) is 11.6 Å². The largest absolute Gasteiger partial charge is 0.341 e. The molecule has 0 saturated heterocycles. The number of nitrogens with one attached hydrogen (secondary N) is 1. The average Bonchev–Trinajstić information content (AvgIpc) is 3.51. The molecule has 1 aliphatic heterocycles. The maximum atomic E-state index is 4.83. The number of pyridine rings is 2. The lowest BCUT2D eigenvalue weighted by molar-refractivity contribution is -0.682. The molecule has 0 fully saturated rings. The van der Waals surface area contributed by atoms with E-state index in [0.717, 1.165) is 31.0 Å². The van der Waals surface area contributed by atoms with Gasteiger partial charge >= 0.3 is 0 Å². The van der Waals surface area contributed by atoms with Crippen molar-refractivity contribution in [2.75, 3.05) is 0 Å². The fourth-order valence-corrected chi connectivity index (χ4v) is 5.59. The summed E-state index contributed by atoms with van der Waals surface area (Å²) in [5, 5.41) is 6.09. The van der Waals surface area contributed by atoms with Crippen molar-refractivity contribution in [3.63, 3.8) is 0 Å². The highest BCUT2D eigenvalue weighted by Gasteiger charge is 2.24. The summed E-state index contributed by atoms with van der Waals surface area (Å²) < 4.78 is 6.76. The van der Waals surface area contributed by atoms with Crippen LogP contribution in [0.5, 0.6) is 0 Å². The number of allylic oxidation sites excluding steroid dienone is 2. The highest BCUT2D eigenvalue weighted by molar-refractivity contribution is 6.08. The fourth-order valence-electron chi connectivity index (χ4n) is 5.59. The Kier molecular flexibility index (Phi) is 5.21. The molecule has 37 heavy (non-hydrogen) atoms. The first-order valence-electron chi connectivity index (χ1n) is 13.0. The van der Waals surface area contributed by atoms with Crippen molar-refractivity contribution in [1.82, 2.24) is 9.88 Å². The van der Waals surface area contributed by atoms with Gasteiger partial charge in [-0.3, -0.25) is 4.99 Å². The molecule has 0 saturated carbocycles. The molecule has 1 N–H and O–H groups in total. The third-order valence-corrected chi connectivity index (χ3v) is 7.49. The van der Waals surface area contributed by atoms with E-state index in [1.807, 2.05) is 0 Å². The third-order valence-electron chi connectivity index (χ3n) is 7.49. The van der Waals surface area contributed by atoms with Gasteiger partial charge in [-0.2, -0.15) is 9.13 Å². The van der Waals surface area contributed by atoms with Crippen molar-refractivity contribution < 1.29 is 9.13 Å². The lowest BCUT2D eigenvalue weighted by atomic mass is 10.1. The van der Waals surface area contributed by atoms with Crippen LogP contribution >= 0.6 is 0 Å². The summed E-state index contributed by atoms with van der Waals surface area (Å²) >= 11 is 0. The highest BCUT2D eigenvalue weighted by atomic mass is 15.1. The average molecular weight is 484 g/mol. The monoisotopic (exact) mass is 483 g/mol. The third kappa shape index (κ3) is 3.84. The second-order valence-electron chi connectivity index (χ2n) is 9.72. The molecule has 0 bridgehead atoms. The zero-order valence-electron chi connectivity index (χ0n) is 20.9. The summed E-state index contributed by atoms with van der Waals surface area (Å²) in [7, 11) is 0.